The molecule has 1 aliphatic rings. The lowest BCUT2D eigenvalue weighted by Gasteiger charge is -2.39. The number of carbonyl (C=O) groups is 1. The molecule has 5 heteroatoms. The van der Waals surface area contributed by atoms with Crippen molar-refractivity contribution < 1.29 is 9.90 Å². The molecular formula is C19H21ClN2O2. The number of rotatable bonds is 4. The molecule has 0 saturated carbocycles. The average molecular weight is 345 g/mol. The van der Waals surface area contributed by atoms with Gasteiger partial charge in [-0.05, 0) is 36.8 Å². The summed E-state index contributed by atoms with van der Waals surface area (Å²) >= 11 is 5.94. The fourth-order valence-electron chi connectivity index (χ4n) is 3.15. The molecule has 3 rings (SSSR count). The number of hydrogen-bond acceptors (Lipinski definition) is 3. The Morgan fingerprint density at radius 2 is 1.58 bits per heavy atom. The Balaban J connectivity index is 1.70. The summed E-state index contributed by atoms with van der Waals surface area (Å²) in [5.74, 6) is -0.793. The summed E-state index contributed by atoms with van der Waals surface area (Å²) in [6.45, 7) is 5.04. The van der Waals surface area contributed by atoms with Crippen LogP contribution < -0.4 is 4.90 Å². The zero-order chi connectivity index (χ0) is 17.1. The molecule has 2 aromatic rings. The number of hydrogen-bond donors (Lipinski definition) is 1. The predicted molar refractivity (Wildman–Crippen MR) is 96.8 cm³/mol. The molecule has 0 amide bonds. The molecule has 1 aliphatic heterocycles. The molecule has 1 N–H and O–H groups in total. The van der Waals surface area contributed by atoms with E-state index in [0.717, 1.165) is 34.9 Å². The van der Waals surface area contributed by atoms with Gasteiger partial charge in [-0.3, -0.25) is 9.69 Å². The number of halogens is 1. The molecule has 0 unspecified atom stereocenters. The van der Waals surface area contributed by atoms with Crippen molar-refractivity contribution in [2.24, 2.45) is 0 Å². The number of aliphatic carboxylic acids is 1. The van der Waals surface area contributed by atoms with E-state index in [-0.39, 0.29) is 0 Å². The van der Waals surface area contributed by atoms with Crippen molar-refractivity contribution in [2.45, 2.75) is 13.0 Å². The van der Waals surface area contributed by atoms with Gasteiger partial charge in [-0.1, -0.05) is 41.4 Å². The highest BCUT2D eigenvalue weighted by atomic mass is 35.5. The van der Waals surface area contributed by atoms with Crippen molar-refractivity contribution in [2.75, 3.05) is 31.1 Å². The van der Waals surface area contributed by atoms with Gasteiger partial charge in [0.2, 0.25) is 0 Å². The van der Waals surface area contributed by atoms with Crippen molar-refractivity contribution in [3.05, 3.63) is 64.7 Å². The molecule has 24 heavy (non-hydrogen) atoms. The molecule has 1 fully saturated rings. The molecule has 0 radical (unpaired) electrons. The van der Waals surface area contributed by atoms with Crippen LogP contribution in [0, 0.1) is 6.92 Å². The van der Waals surface area contributed by atoms with E-state index in [0.29, 0.717) is 13.1 Å². The van der Waals surface area contributed by atoms with Gasteiger partial charge >= 0.3 is 5.97 Å². The Labute approximate surface area is 147 Å². The number of piperazine rings is 1. The molecular weight excluding hydrogens is 324 g/mol. The number of anilines is 1. The SMILES string of the molecule is Cc1ccc([C@@H](C(=O)O)N2CCN(c3ccc(Cl)cc3)CC2)cc1. The third-order valence-electron chi connectivity index (χ3n) is 4.50. The van der Waals surface area contributed by atoms with Crippen molar-refractivity contribution in [3.63, 3.8) is 0 Å². The van der Waals surface area contributed by atoms with E-state index in [4.69, 9.17) is 11.6 Å². The van der Waals surface area contributed by atoms with Gasteiger partial charge in [0.15, 0.2) is 0 Å². The van der Waals surface area contributed by atoms with Gasteiger partial charge in [-0.15, -0.1) is 0 Å². The first kappa shape index (κ1) is 16.8. The van der Waals surface area contributed by atoms with Crippen LogP contribution in [0.2, 0.25) is 5.02 Å². The maximum Gasteiger partial charge on any atom is 0.325 e. The first-order valence-electron chi connectivity index (χ1n) is 8.08. The zero-order valence-corrected chi connectivity index (χ0v) is 14.4. The van der Waals surface area contributed by atoms with Crippen LogP contribution in [0.1, 0.15) is 17.2 Å². The zero-order valence-electron chi connectivity index (χ0n) is 13.7. The first-order valence-corrected chi connectivity index (χ1v) is 8.46. The lowest BCUT2D eigenvalue weighted by Crippen LogP contribution is -2.49. The molecule has 1 atom stereocenters. The van der Waals surface area contributed by atoms with Gasteiger partial charge in [-0.25, -0.2) is 0 Å². The quantitative estimate of drug-likeness (QED) is 0.920. The summed E-state index contributed by atoms with van der Waals surface area (Å²) in [4.78, 5) is 16.1. The van der Waals surface area contributed by atoms with Crippen LogP contribution in [0.3, 0.4) is 0 Å². The van der Waals surface area contributed by atoms with Gasteiger partial charge in [0.05, 0.1) is 0 Å². The molecule has 0 aliphatic carbocycles. The molecule has 4 nitrogen and oxygen atoms in total. The van der Waals surface area contributed by atoms with E-state index in [2.05, 4.69) is 4.90 Å². The van der Waals surface area contributed by atoms with Crippen molar-refractivity contribution in [1.29, 1.82) is 0 Å². The van der Waals surface area contributed by atoms with Gasteiger partial charge < -0.3 is 10.0 Å². The van der Waals surface area contributed by atoms with Crippen LogP contribution in [0.25, 0.3) is 0 Å². The summed E-state index contributed by atoms with van der Waals surface area (Å²) in [6.07, 6.45) is 0. The fourth-order valence-corrected chi connectivity index (χ4v) is 3.27. The van der Waals surface area contributed by atoms with E-state index in [9.17, 15) is 9.90 Å². The van der Waals surface area contributed by atoms with Gasteiger partial charge in [-0.2, -0.15) is 0 Å². The summed E-state index contributed by atoms with van der Waals surface area (Å²) in [6, 6.07) is 15.0. The monoisotopic (exact) mass is 344 g/mol. The van der Waals surface area contributed by atoms with E-state index in [1.165, 1.54) is 0 Å². The minimum Gasteiger partial charge on any atom is -0.480 e. The van der Waals surface area contributed by atoms with Gasteiger partial charge in [0.25, 0.3) is 0 Å². The minimum absolute atomic E-state index is 0.585. The Morgan fingerprint density at radius 1 is 1.00 bits per heavy atom. The Kier molecular flexibility index (Phi) is 5.07. The number of benzene rings is 2. The van der Waals surface area contributed by atoms with E-state index in [1.54, 1.807) is 0 Å². The van der Waals surface area contributed by atoms with E-state index in [1.807, 2.05) is 60.4 Å². The fraction of sp³-hybridized carbons (Fsp3) is 0.316. The van der Waals surface area contributed by atoms with Crippen LogP contribution in [0.4, 0.5) is 5.69 Å². The van der Waals surface area contributed by atoms with E-state index >= 15 is 0 Å². The summed E-state index contributed by atoms with van der Waals surface area (Å²) in [5.41, 5.74) is 3.10. The summed E-state index contributed by atoms with van der Waals surface area (Å²) < 4.78 is 0. The maximum absolute atomic E-state index is 11.8. The second-order valence-electron chi connectivity index (χ2n) is 6.15. The van der Waals surface area contributed by atoms with Crippen molar-refractivity contribution in [3.8, 4) is 0 Å². The van der Waals surface area contributed by atoms with Gasteiger partial charge in [0, 0.05) is 36.9 Å². The number of aryl methyl sites for hydroxylation is 1. The van der Waals surface area contributed by atoms with Crippen molar-refractivity contribution >= 4 is 23.3 Å². The first-order chi connectivity index (χ1) is 11.5. The Morgan fingerprint density at radius 3 is 2.12 bits per heavy atom. The standard InChI is InChI=1S/C19H21ClN2O2/c1-14-2-4-15(5-3-14)18(19(23)24)22-12-10-21(11-13-22)17-8-6-16(20)7-9-17/h2-9,18H,10-13H2,1H3,(H,23,24)/t18-/m0/s1. The molecule has 2 aromatic carbocycles. The smallest absolute Gasteiger partial charge is 0.325 e. The summed E-state index contributed by atoms with van der Waals surface area (Å²) in [5, 5.41) is 10.4. The topological polar surface area (TPSA) is 43.8 Å². The average Bonchev–Trinajstić information content (AvgIpc) is 2.58. The lowest BCUT2D eigenvalue weighted by molar-refractivity contribution is -0.143. The molecule has 0 aromatic heterocycles. The molecule has 1 heterocycles. The molecule has 126 valence electrons. The lowest BCUT2D eigenvalue weighted by atomic mass is 10.0. The number of carboxylic acid groups (broad SMARTS) is 1. The summed E-state index contributed by atoms with van der Waals surface area (Å²) in [7, 11) is 0. The second-order valence-corrected chi connectivity index (χ2v) is 6.59. The second kappa shape index (κ2) is 7.24. The third kappa shape index (κ3) is 3.71. The van der Waals surface area contributed by atoms with Crippen LogP contribution in [-0.2, 0) is 4.79 Å². The highest BCUT2D eigenvalue weighted by molar-refractivity contribution is 6.30. The molecule has 0 spiro atoms. The van der Waals surface area contributed by atoms with Crippen LogP contribution in [0.5, 0.6) is 0 Å². The predicted octanol–water partition coefficient (Wildman–Crippen LogP) is 3.60. The Hall–Kier alpha value is -2.04. The maximum atomic E-state index is 11.8. The third-order valence-corrected chi connectivity index (χ3v) is 4.75. The Bertz CT molecular complexity index is 692. The minimum atomic E-state index is -0.793. The van der Waals surface area contributed by atoms with Crippen LogP contribution >= 0.6 is 11.6 Å². The van der Waals surface area contributed by atoms with Crippen molar-refractivity contribution in [1.82, 2.24) is 4.90 Å². The highest BCUT2D eigenvalue weighted by Crippen LogP contribution is 2.25. The molecule has 0 bridgehead atoms. The normalized spacial score (nSPS) is 16.8. The van der Waals surface area contributed by atoms with Gasteiger partial charge in [0.1, 0.15) is 6.04 Å². The van der Waals surface area contributed by atoms with Crippen LogP contribution in [-0.4, -0.2) is 42.2 Å². The number of nitrogens with zero attached hydrogens (tertiary/aromatic N) is 2. The largest absolute Gasteiger partial charge is 0.480 e. The van der Waals surface area contributed by atoms with E-state index < -0.39 is 12.0 Å². The molecule has 1 saturated heterocycles. The number of carboxylic acids is 1. The highest BCUT2D eigenvalue weighted by Gasteiger charge is 2.30. The van der Waals surface area contributed by atoms with Crippen LogP contribution in [0.15, 0.2) is 48.5 Å².